The fourth-order valence-corrected chi connectivity index (χ4v) is 1.60. The number of aromatic nitrogens is 3. The number of hydrogen-bond acceptors (Lipinski definition) is 4. The normalized spacial score (nSPS) is 11.1. The molecule has 0 radical (unpaired) electrons. The molecule has 7 heteroatoms. The number of phenols is 1. The number of aromatic hydroxyl groups is 1. The van der Waals surface area contributed by atoms with E-state index in [1.165, 1.54) is 17.2 Å². The Kier molecular flexibility index (Phi) is 3.16. The topological polar surface area (TPSA) is 66.2 Å². The second-order valence-corrected chi connectivity index (χ2v) is 4.26. The minimum atomic E-state index is 0.155. The van der Waals surface area contributed by atoms with E-state index in [1.54, 1.807) is 18.2 Å². The van der Waals surface area contributed by atoms with Crippen LogP contribution in [-0.4, -0.2) is 26.2 Å². The summed E-state index contributed by atoms with van der Waals surface area (Å²) in [5.41, 5.74) is 0.595. The Balaban J connectivity index is 2.34. The third-order valence-electron chi connectivity index (χ3n) is 1.85. The monoisotopic (exact) mass is 298 g/mol. The minimum Gasteiger partial charge on any atom is -0.507 e. The van der Waals surface area contributed by atoms with Gasteiger partial charge in [0.1, 0.15) is 12.1 Å². The van der Waals surface area contributed by atoms with Gasteiger partial charge in [0.05, 0.1) is 6.21 Å². The molecular formula is C9H7BrN4OS. The van der Waals surface area contributed by atoms with Gasteiger partial charge in [-0.2, -0.15) is 14.9 Å². The summed E-state index contributed by atoms with van der Waals surface area (Å²) in [6, 6.07) is 5.08. The highest BCUT2D eigenvalue weighted by molar-refractivity contribution is 9.10. The van der Waals surface area contributed by atoms with Crippen LogP contribution < -0.4 is 0 Å². The van der Waals surface area contributed by atoms with E-state index >= 15 is 0 Å². The highest BCUT2D eigenvalue weighted by atomic mass is 79.9. The van der Waals surface area contributed by atoms with E-state index in [4.69, 9.17) is 12.2 Å². The Labute approximate surface area is 105 Å². The lowest BCUT2D eigenvalue weighted by Gasteiger charge is -1.98. The van der Waals surface area contributed by atoms with Gasteiger partial charge < -0.3 is 5.11 Å². The van der Waals surface area contributed by atoms with Crippen molar-refractivity contribution in [3.8, 4) is 5.75 Å². The molecule has 0 aliphatic rings. The van der Waals surface area contributed by atoms with Gasteiger partial charge in [-0.05, 0) is 30.4 Å². The van der Waals surface area contributed by atoms with Gasteiger partial charge >= 0.3 is 0 Å². The lowest BCUT2D eigenvalue weighted by Crippen LogP contribution is -1.89. The van der Waals surface area contributed by atoms with Gasteiger partial charge in [0, 0.05) is 10.0 Å². The maximum Gasteiger partial charge on any atom is 0.216 e. The zero-order valence-corrected chi connectivity index (χ0v) is 10.4. The third kappa shape index (κ3) is 2.37. The molecule has 0 spiro atoms. The number of rotatable bonds is 2. The van der Waals surface area contributed by atoms with Crippen LogP contribution in [0.25, 0.3) is 0 Å². The summed E-state index contributed by atoms with van der Waals surface area (Å²) in [6.45, 7) is 0. The summed E-state index contributed by atoms with van der Waals surface area (Å²) in [5, 5.41) is 19.9. The van der Waals surface area contributed by atoms with Crippen molar-refractivity contribution in [3.63, 3.8) is 0 Å². The maximum absolute atomic E-state index is 9.56. The molecule has 5 nitrogen and oxygen atoms in total. The van der Waals surface area contributed by atoms with Crippen molar-refractivity contribution >= 4 is 34.4 Å². The van der Waals surface area contributed by atoms with Crippen molar-refractivity contribution in [1.29, 1.82) is 0 Å². The van der Waals surface area contributed by atoms with Crippen LogP contribution in [-0.2, 0) is 0 Å². The van der Waals surface area contributed by atoms with E-state index in [9.17, 15) is 5.11 Å². The van der Waals surface area contributed by atoms with Gasteiger partial charge in [-0.15, -0.1) is 0 Å². The molecule has 2 rings (SSSR count). The second kappa shape index (κ2) is 4.58. The number of phenolic OH excluding ortho intramolecular Hbond substituents is 1. The van der Waals surface area contributed by atoms with E-state index in [1.807, 2.05) is 0 Å². The van der Waals surface area contributed by atoms with E-state index in [2.05, 4.69) is 31.2 Å². The standard InChI is InChI=1S/C9H7BrN4OS/c10-7-1-2-8(15)6(3-7)4-12-14-5-11-13-9(14)16/h1-5,15H,(H,13,16)/b12-4+. The van der Waals surface area contributed by atoms with Crippen LogP contribution in [0.1, 0.15) is 5.56 Å². The number of benzene rings is 1. The van der Waals surface area contributed by atoms with Crippen LogP contribution in [0, 0.1) is 4.77 Å². The van der Waals surface area contributed by atoms with Crippen LogP contribution in [0.3, 0.4) is 0 Å². The minimum absolute atomic E-state index is 0.155. The van der Waals surface area contributed by atoms with Crippen LogP contribution in [0.2, 0.25) is 0 Å². The molecule has 0 amide bonds. The Morgan fingerprint density at radius 3 is 3.06 bits per heavy atom. The predicted molar refractivity (Wildman–Crippen MR) is 66.2 cm³/mol. The number of hydrogen-bond donors (Lipinski definition) is 2. The summed E-state index contributed by atoms with van der Waals surface area (Å²) in [5.74, 6) is 0.155. The molecule has 0 aliphatic carbocycles. The van der Waals surface area contributed by atoms with Crippen molar-refractivity contribution in [2.24, 2.45) is 5.10 Å². The molecule has 2 aromatic rings. The van der Waals surface area contributed by atoms with E-state index in [0.717, 1.165) is 4.47 Å². The molecule has 0 fully saturated rings. The first-order valence-electron chi connectivity index (χ1n) is 4.32. The van der Waals surface area contributed by atoms with Crippen LogP contribution >= 0.6 is 28.1 Å². The van der Waals surface area contributed by atoms with Gasteiger partial charge in [0.25, 0.3) is 0 Å². The lowest BCUT2D eigenvalue weighted by molar-refractivity contribution is 0.474. The summed E-state index contributed by atoms with van der Waals surface area (Å²) in [6.07, 6.45) is 2.96. The SMILES string of the molecule is Oc1ccc(Br)cc1/C=N/n1cn[nH]c1=S. The van der Waals surface area contributed by atoms with Crippen LogP contribution in [0.15, 0.2) is 34.1 Å². The number of aromatic amines is 1. The van der Waals surface area contributed by atoms with E-state index < -0.39 is 0 Å². The average Bonchev–Trinajstić information content (AvgIpc) is 2.66. The largest absolute Gasteiger partial charge is 0.507 e. The van der Waals surface area contributed by atoms with Crippen molar-refractivity contribution < 1.29 is 5.11 Å². The third-order valence-corrected chi connectivity index (χ3v) is 2.62. The van der Waals surface area contributed by atoms with Crippen LogP contribution in [0.5, 0.6) is 5.75 Å². The second-order valence-electron chi connectivity index (χ2n) is 2.95. The predicted octanol–water partition coefficient (Wildman–Crippen LogP) is 2.29. The van der Waals surface area contributed by atoms with Crippen molar-refractivity contribution in [1.82, 2.24) is 14.9 Å². The Bertz CT molecular complexity index is 589. The fraction of sp³-hybridized carbons (Fsp3) is 0. The Morgan fingerprint density at radius 2 is 2.38 bits per heavy atom. The van der Waals surface area contributed by atoms with Gasteiger partial charge in [-0.1, -0.05) is 15.9 Å². The molecule has 0 atom stereocenters. The van der Waals surface area contributed by atoms with Crippen molar-refractivity contribution in [2.45, 2.75) is 0 Å². The molecular weight excluding hydrogens is 292 g/mol. The zero-order chi connectivity index (χ0) is 11.5. The van der Waals surface area contributed by atoms with Crippen molar-refractivity contribution in [2.75, 3.05) is 0 Å². The van der Waals surface area contributed by atoms with Gasteiger partial charge in [-0.3, -0.25) is 5.10 Å². The lowest BCUT2D eigenvalue weighted by atomic mass is 10.2. The summed E-state index contributed by atoms with van der Waals surface area (Å²) in [4.78, 5) is 0. The summed E-state index contributed by atoms with van der Waals surface area (Å²) >= 11 is 8.23. The molecule has 1 aromatic heterocycles. The smallest absolute Gasteiger partial charge is 0.216 e. The molecule has 0 saturated heterocycles. The van der Waals surface area contributed by atoms with E-state index in [-0.39, 0.29) is 5.75 Å². The number of nitrogens with one attached hydrogen (secondary N) is 1. The first kappa shape index (κ1) is 11.0. The maximum atomic E-state index is 9.56. The Hall–Kier alpha value is -1.47. The molecule has 0 bridgehead atoms. The quantitative estimate of drug-likeness (QED) is 0.660. The highest BCUT2D eigenvalue weighted by Gasteiger charge is 1.98. The number of halogens is 1. The fourth-order valence-electron chi connectivity index (χ4n) is 1.08. The molecule has 0 aliphatic heterocycles. The first-order valence-corrected chi connectivity index (χ1v) is 5.52. The summed E-state index contributed by atoms with van der Waals surface area (Å²) < 4.78 is 2.66. The average molecular weight is 299 g/mol. The molecule has 0 unspecified atom stereocenters. The van der Waals surface area contributed by atoms with Gasteiger partial charge in [-0.25, -0.2) is 0 Å². The first-order chi connectivity index (χ1) is 7.66. The zero-order valence-electron chi connectivity index (χ0n) is 7.96. The highest BCUT2D eigenvalue weighted by Crippen LogP contribution is 2.20. The molecule has 2 N–H and O–H groups in total. The molecule has 82 valence electrons. The van der Waals surface area contributed by atoms with Crippen molar-refractivity contribution in [3.05, 3.63) is 39.3 Å². The van der Waals surface area contributed by atoms with Gasteiger partial charge in [0.15, 0.2) is 0 Å². The number of H-pyrrole nitrogens is 1. The van der Waals surface area contributed by atoms with Gasteiger partial charge in [0.2, 0.25) is 4.77 Å². The summed E-state index contributed by atoms with van der Waals surface area (Å²) in [7, 11) is 0. The molecule has 1 heterocycles. The number of nitrogens with zero attached hydrogens (tertiary/aromatic N) is 3. The molecule has 0 saturated carbocycles. The van der Waals surface area contributed by atoms with E-state index in [0.29, 0.717) is 10.3 Å². The Morgan fingerprint density at radius 1 is 1.56 bits per heavy atom. The van der Waals surface area contributed by atoms with Crippen LogP contribution in [0.4, 0.5) is 0 Å². The molecule has 1 aromatic carbocycles. The molecule has 16 heavy (non-hydrogen) atoms.